The molecule has 1 rings (SSSR count). The standard InChI is InChI=1S/C18H35N5O2.HI/c1-4-19-18(21-14-12-17(25)23(5-2)6-3)20-13-11-16(24)22-15-9-7-8-10-15;/h15H,4-14H2,1-3H3,(H,22,24)(H2,19,20,21);1H. The Morgan fingerprint density at radius 2 is 1.69 bits per heavy atom. The number of halogens is 1. The van der Waals surface area contributed by atoms with Crippen molar-refractivity contribution < 1.29 is 9.59 Å². The van der Waals surface area contributed by atoms with Crippen LogP contribution in [0.2, 0.25) is 0 Å². The summed E-state index contributed by atoms with van der Waals surface area (Å²) < 4.78 is 0. The number of aliphatic imine (C=N–C) groups is 1. The van der Waals surface area contributed by atoms with E-state index in [4.69, 9.17) is 0 Å². The molecule has 0 saturated heterocycles. The van der Waals surface area contributed by atoms with Crippen LogP contribution < -0.4 is 16.0 Å². The number of hydrogen-bond donors (Lipinski definition) is 3. The molecule has 0 unspecified atom stereocenters. The van der Waals surface area contributed by atoms with Crippen molar-refractivity contribution in [2.24, 2.45) is 4.99 Å². The van der Waals surface area contributed by atoms with E-state index in [1.807, 2.05) is 25.7 Å². The maximum absolute atomic E-state index is 12.0. The molecule has 0 aliphatic heterocycles. The zero-order valence-corrected chi connectivity index (χ0v) is 18.8. The average molecular weight is 481 g/mol. The first-order valence-electron chi connectivity index (χ1n) is 9.69. The van der Waals surface area contributed by atoms with Crippen molar-refractivity contribution >= 4 is 41.8 Å². The van der Waals surface area contributed by atoms with Gasteiger partial charge < -0.3 is 20.9 Å². The minimum absolute atomic E-state index is 0. The Morgan fingerprint density at radius 1 is 1.04 bits per heavy atom. The van der Waals surface area contributed by atoms with E-state index in [1.54, 1.807) is 0 Å². The molecule has 1 aliphatic carbocycles. The van der Waals surface area contributed by atoms with Crippen LogP contribution in [0.4, 0.5) is 0 Å². The third-order valence-electron chi connectivity index (χ3n) is 4.42. The molecule has 8 heteroatoms. The van der Waals surface area contributed by atoms with Gasteiger partial charge in [-0.25, -0.2) is 0 Å². The van der Waals surface area contributed by atoms with Crippen LogP contribution in [0.15, 0.2) is 4.99 Å². The number of amides is 2. The van der Waals surface area contributed by atoms with Gasteiger partial charge in [-0.1, -0.05) is 12.8 Å². The molecule has 0 heterocycles. The van der Waals surface area contributed by atoms with Gasteiger partial charge in [-0.05, 0) is 33.6 Å². The Kier molecular flexibility index (Phi) is 14.4. The number of guanidine groups is 1. The number of carbonyl (C=O) groups excluding carboxylic acids is 2. The summed E-state index contributed by atoms with van der Waals surface area (Å²) in [6, 6.07) is 0.362. The predicted octanol–water partition coefficient (Wildman–Crippen LogP) is 1.87. The highest BCUT2D eigenvalue weighted by molar-refractivity contribution is 14.0. The molecule has 0 bridgehead atoms. The Labute approximate surface area is 175 Å². The topological polar surface area (TPSA) is 85.8 Å². The van der Waals surface area contributed by atoms with Crippen LogP contribution in [0.25, 0.3) is 0 Å². The smallest absolute Gasteiger partial charge is 0.224 e. The largest absolute Gasteiger partial charge is 0.357 e. The average Bonchev–Trinajstić information content (AvgIpc) is 3.09. The molecule has 0 atom stereocenters. The van der Waals surface area contributed by atoms with Gasteiger partial charge in [0.2, 0.25) is 11.8 Å². The maximum Gasteiger partial charge on any atom is 0.224 e. The lowest BCUT2D eigenvalue weighted by atomic mass is 10.2. The van der Waals surface area contributed by atoms with E-state index in [1.165, 1.54) is 12.8 Å². The second-order valence-electron chi connectivity index (χ2n) is 6.30. The van der Waals surface area contributed by atoms with Gasteiger partial charge in [0.05, 0.1) is 6.54 Å². The lowest BCUT2D eigenvalue weighted by Gasteiger charge is -2.18. The van der Waals surface area contributed by atoms with Crippen molar-refractivity contribution in [2.45, 2.75) is 65.3 Å². The fourth-order valence-corrected chi connectivity index (χ4v) is 3.00. The summed E-state index contributed by atoms with van der Waals surface area (Å²) >= 11 is 0. The van der Waals surface area contributed by atoms with Crippen LogP contribution in [0.1, 0.15) is 59.3 Å². The van der Waals surface area contributed by atoms with Gasteiger partial charge in [-0.2, -0.15) is 0 Å². The second kappa shape index (κ2) is 15.0. The van der Waals surface area contributed by atoms with E-state index < -0.39 is 0 Å². The molecule has 0 aromatic rings. The fraction of sp³-hybridized carbons (Fsp3) is 0.833. The molecule has 1 aliphatic rings. The Bertz CT molecular complexity index is 435. The zero-order valence-electron chi connectivity index (χ0n) is 16.5. The monoisotopic (exact) mass is 481 g/mol. The third-order valence-corrected chi connectivity index (χ3v) is 4.42. The molecule has 0 aromatic carbocycles. The van der Waals surface area contributed by atoms with Gasteiger partial charge in [0.1, 0.15) is 0 Å². The first kappa shape index (κ1) is 24.9. The summed E-state index contributed by atoms with van der Waals surface area (Å²) in [6.07, 6.45) is 5.46. The van der Waals surface area contributed by atoms with Crippen molar-refractivity contribution in [1.82, 2.24) is 20.9 Å². The lowest BCUT2D eigenvalue weighted by Crippen LogP contribution is -2.40. The second-order valence-corrected chi connectivity index (χ2v) is 6.30. The fourth-order valence-electron chi connectivity index (χ4n) is 3.00. The van der Waals surface area contributed by atoms with E-state index in [0.29, 0.717) is 37.9 Å². The minimum atomic E-state index is 0. The minimum Gasteiger partial charge on any atom is -0.357 e. The van der Waals surface area contributed by atoms with E-state index in [9.17, 15) is 9.59 Å². The van der Waals surface area contributed by atoms with E-state index >= 15 is 0 Å². The molecule has 2 amide bonds. The Morgan fingerprint density at radius 3 is 2.27 bits per heavy atom. The summed E-state index contributed by atoms with van der Waals surface area (Å²) in [5, 5.41) is 9.38. The van der Waals surface area contributed by atoms with Crippen LogP contribution >= 0.6 is 24.0 Å². The number of carbonyl (C=O) groups is 2. The summed E-state index contributed by atoms with van der Waals surface area (Å²) in [7, 11) is 0. The maximum atomic E-state index is 12.0. The molecule has 1 fully saturated rings. The highest BCUT2D eigenvalue weighted by Gasteiger charge is 2.16. The Hall–Kier alpha value is -1.06. The van der Waals surface area contributed by atoms with Crippen molar-refractivity contribution in [3.63, 3.8) is 0 Å². The van der Waals surface area contributed by atoms with Gasteiger partial charge >= 0.3 is 0 Å². The molecule has 1 saturated carbocycles. The normalized spacial score (nSPS) is 14.5. The first-order valence-corrected chi connectivity index (χ1v) is 9.69. The van der Waals surface area contributed by atoms with Crippen molar-refractivity contribution in [3.8, 4) is 0 Å². The van der Waals surface area contributed by atoms with E-state index in [0.717, 1.165) is 32.5 Å². The summed E-state index contributed by atoms with van der Waals surface area (Å²) in [4.78, 5) is 30.1. The first-order chi connectivity index (χ1) is 12.1. The van der Waals surface area contributed by atoms with Crippen molar-refractivity contribution in [2.75, 3.05) is 32.7 Å². The van der Waals surface area contributed by atoms with Gasteiger partial charge in [0, 0.05) is 45.1 Å². The summed E-state index contributed by atoms with van der Waals surface area (Å²) in [6.45, 7) is 9.13. The number of hydrogen-bond acceptors (Lipinski definition) is 3. The highest BCUT2D eigenvalue weighted by Crippen LogP contribution is 2.17. The molecule has 26 heavy (non-hydrogen) atoms. The molecule has 3 N–H and O–H groups in total. The molecular formula is C18H36IN5O2. The highest BCUT2D eigenvalue weighted by atomic mass is 127. The number of nitrogens with zero attached hydrogens (tertiary/aromatic N) is 2. The SMILES string of the molecule is CCNC(=NCCC(=O)N(CC)CC)NCCC(=O)NC1CCCC1.I. The van der Waals surface area contributed by atoms with Crippen molar-refractivity contribution in [1.29, 1.82) is 0 Å². The van der Waals surface area contributed by atoms with E-state index in [2.05, 4.69) is 20.9 Å². The molecular weight excluding hydrogens is 445 g/mol. The molecule has 152 valence electrons. The third kappa shape index (κ3) is 10.2. The van der Waals surface area contributed by atoms with Crippen LogP contribution in [-0.2, 0) is 9.59 Å². The quantitative estimate of drug-likeness (QED) is 0.253. The van der Waals surface area contributed by atoms with E-state index in [-0.39, 0.29) is 35.8 Å². The van der Waals surface area contributed by atoms with Gasteiger partial charge in [-0.15, -0.1) is 24.0 Å². The lowest BCUT2D eigenvalue weighted by molar-refractivity contribution is -0.130. The molecule has 0 aromatic heterocycles. The van der Waals surface area contributed by atoms with Gasteiger partial charge in [0.15, 0.2) is 5.96 Å². The summed E-state index contributed by atoms with van der Waals surface area (Å²) in [5.41, 5.74) is 0. The molecule has 7 nitrogen and oxygen atoms in total. The molecule has 0 radical (unpaired) electrons. The Balaban J connectivity index is 0.00000625. The summed E-state index contributed by atoms with van der Waals surface area (Å²) in [5.74, 6) is 0.871. The van der Waals surface area contributed by atoms with Crippen LogP contribution in [0, 0.1) is 0 Å². The number of rotatable bonds is 10. The zero-order chi connectivity index (χ0) is 18.5. The number of nitrogens with one attached hydrogen (secondary N) is 3. The van der Waals surface area contributed by atoms with Crippen LogP contribution in [-0.4, -0.2) is 61.4 Å². The molecule has 0 spiro atoms. The van der Waals surface area contributed by atoms with Crippen LogP contribution in [0.5, 0.6) is 0 Å². The predicted molar refractivity (Wildman–Crippen MR) is 117 cm³/mol. The van der Waals surface area contributed by atoms with Gasteiger partial charge in [0.25, 0.3) is 0 Å². The van der Waals surface area contributed by atoms with Crippen molar-refractivity contribution in [3.05, 3.63) is 0 Å². The van der Waals surface area contributed by atoms with Crippen LogP contribution in [0.3, 0.4) is 0 Å². The van der Waals surface area contributed by atoms with Gasteiger partial charge in [-0.3, -0.25) is 14.6 Å².